The van der Waals surface area contributed by atoms with E-state index in [0.29, 0.717) is 5.75 Å². The van der Waals surface area contributed by atoms with E-state index in [0.717, 1.165) is 9.79 Å². The number of carbonyl (C=O) groups is 1. The van der Waals surface area contributed by atoms with Crippen molar-refractivity contribution >= 4 is 23.3 Å². The smallest absolute Gasteiger partial charge is 0.221 e. The number of hydrogen-bond acceptors (Lipinski definition) is 8. The third-order valence-electron chi connectivity index (χ3n) is 3.30. The Bertz CT molecular complexity index is 804. The fraction of sp³-hybridized carbons (Fsp3) is 0.263. The predicted molar refractivity (Wildman–Crippen MR) is 101 cm³/mol. The number of carbonyl (C=O) groups excluding carboxylic acids is 1. The minimum absolute atomic E-state index is 0.0186. The lowest BCUT2D eigenvalue weighted by atomic mass is 10.1. The van der Waals surface area contributed by atoms with Gasteiger partial charge in [-0.2, -0.15) is 0 Å². The van der Waals surface area contributed by atoms with Crippen LogP contribution in [0.15, 0.2) is 57.4 Å². The molecule has 7 nitrogen and oxygen atoms in total. The lowest BCUT2D eigenvalue weighted by Gasteiger charge is -2.08. The quantitative estimate of drug-likeness (QED) is 0.261. The Morgan fingerprint density at radius 3 is 2.44 bits per heavy atom. The van der Waals surface area contributed by atoms with Crippen LogP contribution in [0.2, 0.25) is 0 Å². The molecule has 2 aromatic carbocycles. The van der Waals surface area contributed by atoms with Gasteiger partial charge in [0.2, 0.25) is 12.1 Å². The van der Waals surface area contributed by atoms with Crippen molar-refractivity contribution in [2.75, 3.05) is 13.2 Å². The maximum absolute atomic E-state index is 12.3. The average molecular weight is 391 g/mol. The topological polar surface area (TPSA) is 109 Å². The molecular formula is C19H21NO6S. The van der Waals surface area contributed by atoms with Gasteiger partial charge in [-0.3, -0.25) is 4.79 Å². The van der Waals surface area contributed by atoms with Crippen LogP contribution in [0.4, 0.5) is 0 Å². The number of oxime groups is 1. The second kappa shape index (κ2) is 9.96. The lowest BCUT2D eigenvalue weighted by molar-refractivity contribution is -0.0836. The molecular weight excluding hydrogens is 370 g/mol. The number of phenolic OH excluding ortho intramolecular Hbond substituents is 1. The molecule has 8 heteroatoms. The summed E-state index contributed by atoms with van der Waals surface area (Å²) in [4.78, 5) is 18.6. The van der Waals surface area contributed by atoms with Gasteiger partial charge in [0.05, 0.1) is 12.2 Å². The highest BCUT2D eigenvalue weighted by atomic mass is 32.2. The molecule has 1 atom stereocenters. The highest BCUT2D eigenvalue weighted by molar-refractivity contribution is 7.99. The number of Topliss-reactive ketones (excluding diaryl/α,β-unsaturated/α-hetero) is 1. The zero-order valence-electron chi connectivity index (χ0n) is 15.0. The minimum Gasteiger partial charge on any atom is -0.507 e. The van der Waals surface area contributed by atoms with Gasteiger partial charge in [-0.05, 0) is 49.4 Å². The molecule has 0 radical (unpaired) electrons. The van der Waals surface area contributed by atoms with Gasteiger partial charge in [0.15, 0.2) is 0 Å². The largest absolute Gasteiger partial charge is 0.507 e. The van der Waals surface area contributed by atoms with Crippen molar-refractivity contribution in [3.63, 3.8) is 0 Å². The van der Waals surface area contributed by atoms with Gasteiger partial charge in [-0.25, -0.2) is 0 Å². The first kappa shape index (κ1) is 20.8. The molecule has 0 amide bonds. The summed E-state index contributed by atoms with van der Waals surface area (Å²) in [6.45, 7) is 3.00. The maximum Gasteiger partial charge on any atom is 0.221 e. The second-order valence-electron chi connectivity index (χ2n) is 5.54. The SMILES string of the molecule is C/C(=N\OC(C)O)C(=O)c1ccc(Sc2ccc(OCCO)cc2)cc1O. The van der Waals surface area contributed by atoms with Crippen molar-refractivity contribution in [2.24, 2.45) is 5.16 Å². The molecule has 0 spiro atoms. The molecule has 0 saturated carbocycles. The van der Waals surface area contributed by atoms with Crippen LogP contribution in [0, 0.1) is 0 Å². The molecule has 2 rings (SSSR count). The van der Waals surface area contributed by atoms with E-state index >= 15 is 0 Å². The van der Waals surface area contributed by atoms with Crippen LogP contribution in [0.5, 0.6) is 11.5 Å². The molecule has 0 aliphatic heterocycles. The van der Waals surface area contributed by atoms with E-state index in [4.69, 9.17) is 14.9 Å². The molecule has 2 aromatic rings. The molecule has 0 aliphatic rings. The Labute approximate surface area is 161 Å². The number of aliphatic hydroxyl groups is 2. The molecule has 0 saturated heterocycles. The standard InChI is InChI=1S/C19H21NO6S/c1-12(20-26-13(2)22)19(24)17-8-7-16(11-18(17)23)27-15-5-3-14(4-6-15)25-10-9-21/h3-8,11,13,21-23H,9-10H2,1-2H3/b20-12+. The van der Waals surface area contributed by atoms with Gasteiger partial charge in [-0.15, -0.1) is 0 Å². The maximum atomic E-state index is 12.3. The Hall–Kier alpha value is -2.55. The number of benzene rings is 2. The van der Waals surface area contributed by atoms with Crippen LogP contribution in [0.3, 0.4) is 0 Å². The second-order valence-corrected chi connectivity index (χ2v) is 6.68. The number of aliphatic hydroxyl groups excluding tert-OH is 2. The summed E-state index contributed by atoms with van der Waals surface area (Å²) in [6.07, 6.45) is -1.12. The summed E-state index contributed by atoms with van der Waals surface area (Å²) < 4.78 is 5.30. The number of nitrogens with zero attached hydrogens (tertiary/aromatic N) is 1. The van der Waals surface area contributed by atoms with Crippen LogP contribution in [-0.2, 0) is 4.84 Å². The Balaban J connectivity index is 2.07. The van der Waals surface area contributed by atoms with Crippen molar-refractivity contribution < 1.29 is 29.7 Å². The number of aromatic hydroxyl groups is 1. The van der Waals surface area contributed by atoms with E-state index < -0.39 is 12.1 Å². The molecule has 3 N–H and O–H groups in total. The first-order chi connectivity index (χ1) is 12.9. The van der Waals surface area contributed by atoms with Gasteiger partial charge < -0.3 is 24.9 Å². The zero-order chi connectivity index (χ0) is 19.8. The summed E-state index contributed by atoms with van der Waals surface area (Å²) >= 11 is 1.41. The van der Waals surface area contributed by atoms with E-state index in [1.165, 1.54) is 37.7 Å². The first-order valence-corrected chi connectivity index (χ1v) is 9.00. The number of ether oxygens (including phenoxy) is 1. The summed E-state index contributed by atoms with van der Waals surface area (Å²) in [5.74, 6) is 0.000882. The fourth-order valence-corrected chi connectivity index (χ4v) is 2.91. The average Bonchev–Trinajstić information content (AvgIpc) is 2.65. The number of rotatable bonds is 9. The molecule has 1 unspecified atom stereocenters. The van der Waals surface area contributed by atoms with Crippen LogP contribution in [0.25, 0.3) is 0 Å². The highest BCUT2D eigenvalue weighted by Gasteiger charge is 2.16. The van der Waals surface area contributed by atoms with Crippen molar-refractivity contribution in [3.05, 3.63) is 48.0 Å². The van der Waals surface area contributed by atoms with Crippen LogP contribution < -0.4 is 4.74 Å². The Morgan fingerprint density at radius 1 is 1.19 bits per heavy atom. The number of hydrogen-bond donors (Lipinski definition) is 3. The lowest BCUT2D eigenvalue weighted by Crippen LogP contribution is -2.13. The zero-order valence-corrected chi connectivity index (χ0v) is 15.8. The van der Waals surface area contributed by atoms with Gasteiger partial charge in [0.25, 0.3) is 0 Å². The van der Waals surface area contributed by atoms with Gasteiger partial charge >= 0.3 is 0 Å². The summed E-state index contributed by atoms with van der Waals surface area (Å²) in [7, 11) is 0. The minimum atomic E-state index is -1.12. The summed E-state index contributed by atoms with van der Waals surface area (Å²) in [5.41, 5.74) is 0.118. The Kier molecular flexibility index (Phi) is 7.66. The normalized spacial score (nSPS) is 12.5. The van der Waals surface area contributed by atoms with E-state index in [1.54, 1.807) is 18.2 Å². The molecule has 0 aliphatic carbocycles. The molecule has 0 heterocycles. The third-order valence-corrected chi connectivity index (χ3v) is 4.30. The van der Waals surface area contributed by atoms with Crippen molar-refractivity contribution in [1.82, 2.24) is 0 Å². The molecule has 0 bridgehead atoms. The highest BCUT2D eigenvalue weighted by Crippen LogP contribution is 2.32. The van der Waals surface area contributed by atoms with Gasteiger partial charge in [0.1, 0.15) is 23.8 Å². The van der Waals surface area contributed by atoms with Crippen LogP contribution >= 0.6 is 11.8 Å². The van der Waals surface area contributed by atoms with Crippen LogP contribution in [-0.4, -0.2) is 46.3 Å². The first-order valence-electron chi connectivity index (χ1n) is 8.18. The molecule has 144 valence electrons. The van der Waals surface area contributed by atoms with Crippen LogP contribution in [0.1, 0.15) is 24.2 Å². The summed E-state index contributed by atoms with van der Waals surface area (Å²) in [5, 5.41) is 31.5. The van der Waals surface area contributed by atoms with E-state index in [2.05, 4.69) is 9.99 Å². The molecule has 27 heavy (non-hydrogen) atoms. The van der Waals surface area contributed by atoms with E-state index in [9.17, 15) is 9.90 Å². The monoisotopic (exact) mass is 391 g/mol. The van der Waals surface area contributed by atoms with Gasteiger partial charge in [-0.1, -0.05) is 16.9 Å². The van der Waals surface area contributed by atoms with E-state index in [-0.39, 0.29) is 30.2 Å². The number of phenols is 1. The van der Waals surface area contributed by atoms with Crippen molar-refractivity contribution in [1.29, 1.82) is 0 Å². The fourth-order valence-electron chi connectivity index (χ4n) is 2.06. The van der Waals surface area contributed by atoms with Crippen molar-refractivity contribution in [3.8, 4) is 11.5 Å². The van der Waals surface area contributed by atoms with Gasteiger partial charge in [0, 0.05) is 16.7 Å². The Morgan fingerprint density at radius 2 is 1.85 bits per heavy atom. The summed E-state index contributed by atoms with van der Waals surface area (Å²) in [6, 6.07) is 12.0. The number of ketones is 1. The van der Waals surface area contributed by atoms with E-state index in [1.807, 2.05) is 12.1 Å². The predicted octanol–water partition coefficient (Wildman–Crippen LogP) is 2.83. The molecule has 0 aromatic heterocycles. The third kappa shape index (κ3) is 6.28. The van der Waals surface area contributed by atoms with Crippen molar-refractivity contribution in [2.45, 2.75) is 29.9 Å². The molecule has 0 fully saturated rings.